The number of hydrogen-bond donors (Lipinski definition) is 0. The summed E-state index contributed by atoms with van der Waals surface area (Å²) in [5.74, 6) is -0.860. The number of rotatable bonds is 10. The van der Waals surface area contributed by atoms with Gasteiger partial charge in [0.1, 0.15) is 0 Å². The van der Waals surface area contributed by atoms with E-state index in [2.05, 4.69) is 55.4 Å². The average Bonchev–Trinajstić information content (AvgIpc) is 2.45. The lowest BCUT2D eigenvalue weighted by Gasteiger charge is -2.48. The summed E-state index contributed by atoms with van der Waals surface area (Å²) < 4.78 is 0. The van der Waals surface area contributed by atoms with Gasteiger partial charge >= 0.3 is 0 Å². The maximum absolute atomic E-state index is 6.03. The largest absolute Gasteiger partial charge is 0.238 e. The van der Waals surface area contributed by atoms with Crippen molar-refractivity contribution in [3.63, 3.8) is 0 Å². The minimum absolute atomic E-state index is 0.171. The molecular weight excluding hydrogens is 304 g/mol. The van der Waals surface area contributed by atoms with Crippen molar-refractivity contribution in [3.8, 4) is 0 Å². The second kappa shape index (κ2) is 8.48. The standard InChI is InChI=1S/C20H40O4/c1-9-13-18(5,6)21-23-20(16-12-11-15-17(20,3)4)24-22-19(7,8)14-10-2/h9-16H2,1-8H3. The Kier molecular flexibility index (Phi) is 7.73. The zero-order chi connectivity index (χ0) is 18.5. The molecule has 1 rings (SSSR count). The highest BCUT2D eigenvalue weighted by molar-refractivity contribution is 4.90. The first-order chi connectivity index (χ1) is 11.0. The molecule has 0 N–H and O–H groups in total. The minimum atomic E-state index is -0.860. The molecule has 144 valence electrons. The van der Waals surface area contributed by atoms with Crippen molar-refractivity contribution < 1.29 is 19.6 Å². The van der Waals surface area contributed by atoms with Crippen molar-refractivity contribution in [3.05, 3.63) is 0 Å². The highest BCUT2D eigenvalue weighted by Crippen LogP contribution is 2.48. The van der Waals surface area contributed by atoms with Crippen LogP contribution in [0.1, 0.15) is 107 Å². The SMILES string of the molecule is CCCC(C)(C)OOC1(OOC(C)(C)CCC)CCCCC1(C)C. The van der Waals surface area contributed by atoms with Crippen LogP contribution in [0.15, 0.2) is 0 Å². The molecule has 0 spiro atoms. The van der Waals surface area contributed by atoms with E-state index in [1.54, 1.807) is 0 Å². The second-order valence-electron chi connectivity index (χ2n) is 9.20. The van der Waals surface area contributed by atoms with Crippen molar-refractivity contribution in [2.75, 3.05) is 0 Å². The van der Waals surface area contributed by atoms with Crippen LogP contribution in [-0.2, 0) is 19.6 Å². The first-order valence-corrected chi connectivity index (χ1v) is 9.73. The van der Waals surface area contributed by atoms with E-state index in [4.69, 9.17) is 19.6 Å². The summed E-state index contributed by atoms with van der Waals surface area (Å²) in [5.41, 5.74) is -0.842. The molecule has 1 aliphatic rings. The topological polar surface area (TPSA) is 36.9 Å². The normalized spacial score (nSPS) is 21.0. The van der Waals surface area contributed by atoms with E-state index in [0.717, 1.165) is 44.9 Å². The molecule has 0 saturated heterocycles. The molecule has 0 aromatic rings. The Hall–Kier alpha value is -0.160. The van der Waals surface area contributed by atoms with Crippen LogP contribution >= 0.6 is 0 Å². The average molecular weight is 345 g/mol. The highest BCUT2D eigenvalue weighted by atomic mass is 17.3. The monoisotopic (exact) mass is 344 g/mol. The fourth-order valence-electron chi connectivity index (χ4n) is 3.42. The lowest BCUT2D eigenvalue weighted by atomic mass is 9.72. The summed E-state index contributed by atoms with van der Waals surface area (Å²) in [5, 5.41) is 0. The molecule has 1 fully saturated rings. The van der Waals surface area contributed by atoms with Crippen LogP contribution in [0.25, 0.3) is 0 Å². The Balaban J connectivity index is 2.88. The van der Waals surface area contributed by atoms with Crippen molar-refractivity contribution in [2.24, 2.45) is 5.41 Å². The van der Waals surface area contributed by atoms with Crippen LogP contribution in [0.2, 0.25) is 0 Å². The van der Waals surface area contributed by atoms with Gasteiger partial charge in [-0.05, 0) is 53.4 Å². The zero-order valence-electron chi connectivity index (χ0n) is 17.3. The van der Waals surface area contributed by atoms with Gasteiger partial charge < -0.3 is 0 Å². The van der Waals surface area contributed by atoms with Crippen LogP contribution < -0.4 is 0 Å². The zero-order valence-corrected chi connectivity index (χ0v) is 17.3. The first kappa shape index (κ1) is 21.9. The van der Waals surface area contributed by atoms with Crippen LogP contribution in [-0.4, -0.2) is 17.0 Å². The van der Waals surface area contributed by atoms with Crippen molar-refractivity contribution in [2.45, 2.75) is 124 Å². The molecule has 0 amide bonds. The van der Waals surface area contributed by atoms with Gasteiger partial charge in [0.05, 0.1) is 11.2 Å². The molecule has 0 aromatic heterocycles. The van der Waals surface area contributed by atoms with E-state index in [1.165, 1.54) is 6.42 Å². The van der Waals surface area contributed by atoms with Gasteiger partial charge in [-0.3, -0.25) is 0 Å². The molecule has 24 heavy (non-hydrogen) atoms. The van der Waals surface area contributed by atoms with Crippen LogP contribution in [0.3, 0.4) is 0 Å². The Morgan fingerprint density at radius 2 is 1.17 bits per heavy atom. The molecule has 0 bridgehead atoms. The maximum atomic E-state index is 6.03. The summed E-state index contributed by atoms with van der Waals surface area (Å²) in [6.07, 6.45) is 8.02. The molecule has 0 aromatic carbocycles. The first-order valence-electron chi connectivity index (χ1n) is 9.73. The van der Waals surface area contributed by atoms with E-state index in [1.807, 2.05) is 0 Å². The van der Waals surface area contributed by atoms with Gasteiger partial charge in [0.2, 0.25) is 5.79 Å². The molecule has 0 radical (unpaired) electrons. The molecule has 1 aliphatic carbocycles. The second-order valence-corrected chi connectivity index (χ2v) is 9.20. The fraction of sp³-hybridized carbons (Fsp3) is 1.00. The van der Waals surface area contributed by atoms with E-state index in [9.17, 15) is 0 Å². The molecular formula is C20H40O4. The third-order valence-electron chi connectivity index (χ3n) is 5.10. The van der Waals surface area contributed by atoms with E-state index >= 15 is 0 Å². The van der Waals surface area contributed by atoms with Gasteiger partial charge in [-0.15, -0.1) is 0 Å². The molecule has 0 heterocycles. The Bertz CT molecular complexity index is 352. The van der Waals surface area contributed by atoms with Gasteiger partial charge in [-0.25, -0.2) is 9.78 Å². The summed E-state index contributed by atoms with van der Waals surface area (Å²) in [6, 6.07) is 0. The van der Waals surface area contributed by atoms with Crippen molar-refractivity contribution in [1.29, 1.82) is 0 Å². The van der Waals surface area contributed by atoms with Gasteiger partial charge in [0, 0.05) is 11.8 Å². The van der Waals surface area contributed by atoms with E-state index < -0.39 is 5.79 Å². The predicted octanol–water partition coefficient (Wildman–Crippen LogP) is 6.34. The van der Waals surface area contributed by atoms with Gasteiger partial charge in [-0.1, -0.05) is 47.0 Å². The lowest BCUT2D eigenvalue weighted by molar-refractivity contribution is -0.568. The minimum Gasteiger partial charge on any atom is -0.228 e. The number of hydrogen-bond acceptors (Lipinski definition) is 4. The smallest absolute Gasteiger partial charge is 0.228 e. The summed E-state index contributed by atoms with van der Waals surface area (Å²) in [6.45, 7) is 16.9. The Morgan fingerprint density at radius 3 is 1.54 bits per heavy atom. The van der Waals surface area contributed by atoms with Crippen LogP contribution in [0, 0.1) is 5.41 Å². The Labute approximate surface area is 149 Å². The molecule has 0 unspecified atom stereocenters. The van der Waals surface area contributed by atoms with Crippen molar-refractivity contribution in [1.82, 2.24) is 0 Å². The van der Waals surface area contributed by atoms with Crippen LogP contribution in [0.4, 0.5) is 0 Å². The quantitative estimate of drug-likeness (QED) is 0.263. The van der Waals surface area contributed by atoms with Crippen LogP contribution in [0.5, 0.6) is 0 Å². The van der Waals surface area contributed by atoms with Crippen molar-refractivity contribution >= 4 is 0 Å². The Morgan fingerprint density at radius 1 is 0.750 bits per heavy atom. The van der Waals surface area contributed by atoms with Gasteiger partial charge in [-0.2, -0.15) is 9.78 Å². The highest BCUT2D eigenvalue weighted by Gasteiger charge is 2.53. The summed E-state index contributed by atoms with van der Waals surface area (Å²) in [7, 11) is 0. The lowest BCUT2D eigenvalue weighted by Crippen LogP contribution is -2.53. The molecule has 4 nitrogen and oxygen atoms in total. The maximum Gasteiger partial charge on any atom is 0.238 e. The van der Waals surface area contributed by atoms with Gasteiger partial charge in [0.15, 0.2) is 0 Å². The van der Waals surface area contributed by atoms with E-state index in [0.29, 0.717) is 0 Å². The van der Waals surface area contributed by atoms with E-state index in [-0.39, 0.29) is 16.6 Å². The fourth-order valence-corrected chi connectivity index (χ4v) is 3.42. The summed E-state index contributed by atoms with van der Waals surface area (Å²) >= 11 is 0. The predicted molar refractivity (Wildman–Crippen MR) is 97.3 cm³/mol. The molecule has 1 saturated carbocycles. The molecule has 0 aliphatic heterocycles. The van der Waals surface area contributed by atoms with Gasteiger partial charge in [0.25, 0.3) is 0 Å². The molecule has 4 heteroatoms. The third-order valence-corrected chi connectivity index (χ3v) is 5.10. The third kappa shape index (κ3) is 5.98. The summed E-state index contributed by atoms with van der Waals surface area (Å²) in [4.78, 5) is 23.8. The molecule has 0 atom stereocenters.